The van der Waals surface area contributed by atoms with E-state index in [0.29, 0.717) is 12.0 Å². The molecule has 0 fully saturated rings. The van der Waals surface area contributed by atoms with E-state index < -0.39 is 0 Å². The van der Waals surface area contributed by atoms with Crippen LogP contribution in [0.15, 0.2) is 60.7 Å². The highest BCUT2D eigenvalue weighted by Crippen LogP contribution is 2.34. The van der Waals surface area contributed by atoms with E-state index in [1.165, 1.54) is 23.4 Å². The molecule has 1 N–H and O–H groups in total. The van der Waals surface area contributed by atoms with Crippen LogP contribution in [-0.2, 0) is 6.54 Å². The molecular weight excluding hydrogens is 365 g/mol. The topological polar surface area (TPSA) is 39.1 Å². The fraction of sp³-hybridized carbons (Fsp3) is 0.292. The highest BCUT2D eigenvalue weighted by atomic mass is 19.1. The molecule has 0 unspecified atom stereocenters. The molecule has 1 heterocycles. The van der Waals surface area contributed by atoms with Crippen molar-refractivity contribution in [1.29, 1.82) is 0 Å². The fourth-order valence-corrected chi connectivity index (χ4v) is 4.08. The Balaban J connectivity index is 1.45. The molecule has 0 saturated carbocycles. The van der Waals surface area contributed by atoms with Gasteiger partial charge in [0, 0.05) is 29.8 Å². The number of methoxy groups -OCH3 is 1. The summed E-state index contributed by atoms with van der Waals surface area (Å²) in [6, 6.07) is 14.9. The number of ether oxygens (including phenoxy) is 1. The molecule has 150 valence electrons. The summed E-state index contributed by atoms with van der Waals surface area (Å²) in [7, 11) is 1.67. The summed E-state index contributed by atoms with van der Waals surface area (Å²) in [6.07, 6.45) is 5.51. The molecule has 2 atom stereocenters. The average Bonchev–Trinajstić information content (AvgIpc) is 3.31. The summed E-state index contributed by atoms with van der Waals surface area (Å²) < 4.78 is 20.3. The molecule has 0 spiro atoms. The predicted octanol–water partition coefficient (Wildman–Crippen LogP) is 4.84. The van der Waals surface area contributed by atoms with Crippen LogP contribution in [0.1, 0.15) is 34.9 Å². The van der Waals surface area contributed by atoms with E-state index in [4.69, 9.17) is 9.84 Å². The van der Waals surface area contributed by atoms with Crippen LogP contribution >= 0.6 is 0 Å². The second-order valence-corrected chi connectivity index (χ2v) is 7.54. The quantitative estimate of drug-likeness (QED) is 0.611. The van der Waals surface area contributed by atoms with Crippen LogP contribution in [0.25, 0.3) is 5.69 Å². The predicted molar refractivity (Wildman–Crippen MR) is 113 cm³/mol. The van der Waals surface area contributed by atoms with Crippen LogP contribution in [-0.4, -0.2) is 22.9 Å². The first-order valence-electron chi connectivity index (χ1n) is 9.92. The van der Waals surface area contributed by atoms with Gasteiger partial charge in [0.1, 0.15) is 11.6 Å². The third-order valence-corrected chi connectivity index (χ3v) is 5.60. The Morgan fingerprint density at radius 3 is 2.48 bits per heavy atom. The van der Waals surface area contributed by atoms with Crippen molar-refractivity contribution in [3.05, 3.63) is 89.0 Å². The SMILES string of the molecule is COc1ccc(-n2nc(C)c([C@@H]3C=C[C@@H](NCc4ccc(F)cc4)C3)c2C)cc1. The molecule has 1 aliphatic carbocycles. The molecule has 5 heteroatoms. The molecule has 0 radical (unpaired) electrons. The summed E-state index contributed by atoms with van der Waals surface area (Å²) in [5, 5.41) is 8.35. The van der Waals surface area contributed by atoms with E-state index in [1.54, 1.807) is 7.11 Å². The van der Waals surface area contributed by atoms with Gasteiger partial charge in [0.05, 0.1) is 18.5 Å². The van der Waals surface area contributed by atoms with E-state index in [0.717, 1.165) is 35.7 Å². The lowest BCUT2D eigenvalue weighted by Gasteiger charge is -2.15. The van der Waals surface area contributed by atoms with Gasteiger partial charge in [0.25, 0.3) is 0 Å². The Labute approximate surface area is 171 Å². The number of aromatic nitrogens is 2. The normalized spacial score (nSPS) is 18.3. The summed E-state index contributed by atoms with van der Waals surface area (Å²) >= 11 is 0. The molecule has 4 nitrogen and oxygen atoms in total. The van der Waals surface area contributed by atoms with Crippen LogP contribution in [0.5, 0.6) is 5.75 Å². The molecule has 0 amide bonds. The van der Waals surface area contributed by atoms with Gasteiger partial charge in [-0.25, -0.2) is 9.07 Å². The molecule has 2 aromatic carbocycles. The van der Waals surface area contributed by atoms with E-state index in [9.17, 15) is 4.39 Å². The van der Waals surface area contributed by atoms with Crippen LogP contribution in [0.3, 0.4) is 0 Å². The van der Waals surface area contributed by atoms with Crippen molar-refractivity contribution in [3.63, 3.8) is 0 Å². The van der Waals surface area contributed by atoms with Gasteiger partial charge < -0.3 is 10.1 Å². The van der Waals surface area contributed by atoms with Gasteiger partial charge >= 0.3 is 0 Å². The van der Waals surface area contributed by atoms with Gasteiger partial charge in [-0.05, 0) is 62.2 Å². The number of hydrogen-bond acceptors (Lipinski definition) is 3. The van der Waals surface area contributed by atoms with Crippen molar-refractivity contribution < 1.29 is 9.13 Å². The zero-order valence-electron chi connectivity index (χ0n) is 17.0. The van der Waals surface area contributed by atoms with Crippen LogP contribution < -0.4 is 10.1 Å². The lowest BCUT2D eigenvalue weighted by atomic mass is 9.96. The Hall–Kier alpha value is -2.92. The maximum Gasteiger partial charge on any atom is 0.123 e. The number of aryl methyl sites for hydroxylation is 1. The van der Waals surface area contributed by atoms with E-state index in [1.807, 2.05) is 41.1 Å². The first-order valence-corrected chi connectivity index (χ1v) is 9.92. The van der Waals surface area contributed by atoms with E-state index in [2.05, 4.69) is 31.3 Å². The number of halogens is 1. The molecule has 1 aliphatic rings. The van der Waals surface area contributed by atoms with Gasteiger partial charge in [-0.3, -0.25) is 0 Å². The van der Waals surface area contributed by atoms with Crippen molar-refractivity contribution in [2.45, 2.75) is 38.8 Å². The molecular formula is C24H26FN3O. The second-order valence-electron chi connectivity index (χ2n) is 7.54. The Kier molecular flexibility index (Phi) is 5.49. The number of allylic oxidation sites excluding steroid dienone is 1. The third-order valence-electron chi connectivity index (χ3n) is 5.60. The lowest BCUT2D eigenvalue weighted by molar-refractivity contribution is 0.414. The van der Waals surface area contributed by atoms with Crippen LogP contribution in [0, 0.1) is 19.7 Å². The van der Waals surface area contributed by atoms with Crippen molar-refractivity contribution in [1.82, 2.24) is 15.1 Å². The minimum Gasteiger partial charge on any atom is -0.497 e. The Morgan fingerprint density at radius 2 is 1.79 bits per heavy atom. The number of rotatable bonds is 6. The van der Waals surface area contributed by atoms with Crippen molar-refractivity contribution in [2.24, 2.45) is 0 Å². The minimum atomic E-state index is -0.200. The molecule has 0 saturated heterocycles. The Bertz CT molecular complexity index is 1010. The summed E-state index contributed by atoms with van der Waals surface area (Å²) in [4.78, 5) is 0. The van der Waals surface area contributed by atoms with Gasteiger partial charge in [0.15, 0.2) is 0 Å². The molecule has 29 heavy (non-hydrogen) atoms. The summed E-state index contributed by atoms with van der Waals surface area (Å²) in [6.45, 7) is 4.94. The fourth-order valence-electron chi connectivity index (χ4n) is 4.08. The summed E-state index contributed by atoms with van der Waals surface area (Å²) in [5.74, 6) is 0.978. The van der Waals surface area contributed by atoms with Gasteiger partial charge in [-0.2, -0.15) is 5.10 Å². The highest BCUT2D eigenvalue weighted by Gasteiger charge is 2.26. The molecule has 3 aromatic rings. The molecule has 1 aromatic heterocycles. The first kappa shape index (κ1) is 19.4. The maximum atomic E-state index is 13.1. The summed E-state index contributed by atoms with van der Waals surface area (Å²) in [5.41, 5.74) is 5.64. The van der Waals surface area contributed by atoms with Gasteiger partial charge in [-0.15, -0.1) is 0 Å². The zero-order chi connectivity index (χ0) is 20.4. The van der Waals surface area contributed by atoms with E-state index >= 15 is 0 Å². The van der Waals surface area contributed by atoms with E-state index in [-0.39, 0.29) is 5.82 Å². The standard InChI is InChI=1S/C24H26FN3O/c1-16-24(17(2)28(27-16)22-10-12-23(29-3)13-11-22)19-6-9-21(14-19)26-15-18-4-7-20(25)8-5-18/h4-13,19,21,26H,14-15H2,1-3H3/t19-,21-/m1/s1. The smallest absolute Gasteiger partial charge is 0.123 e. The third kappa shape index (κ3) is 4.10. The lowest BCUT2D eigenvalue weighted by Crippen LogP contribution is -2.25. The minimum absolute atomic E-state index is 0.200. The molecule has 0 aliphatic heterocycles. The van der Waals surface area contributed by atoms with Crippen molar-refractivity contribution in [2.75, 3.05) is 7.11 Å². The number of benzene rings is 2. The number of nitrogens with one attached hydrogen (secondary N) is 1. The number of nitrogens with zero attached hydrogens (tertiary/aromatic N) is 2. The van der Waals surface area contributed by atoms with Crippen LogP contribution in [0.2, 0.25) is 0 Å². The molecule has 0 bridgehead atoms. The van der Waals surface area contributed by atoms with Crippen molar-refractivity contribution >= 4 is 0 Å². The molecule has 4 rings (SSSR count). The number of hydrogen-bond donors (Lipinski definition) is 1. The van der Waals surface area contributed by atoms with Gasteiger partial charge in [-0.1, -0.05) is 24.3 Å². The van der Waals surface area contributed by atoms with Gasteiger partial charge in [0.2, 0.25) is 0 Å². The largest absolute Gasteiger partial charge is 0.497 e. The highest BCUT2D eigenvalue weighted by molar-refractivity contribution is 5.43. The zero-order valence-corrected chi connectivity index (χ0v) is 17.0. The monoisotopic (exact) mass is 391 g/mol. The first-order chi connectivity index (χ1) is 14.0. The average molecular weight is 391 g/mol. The maximum absolute atomic E-state index is 13.1. The van der Waals surface area contributed by atoms with Crippen molar-refractivity contribution in [3.8, 4) is 11.4 Å². The van der Waals surface area contributed by atoms with Crippen LogP contribution in [0.4, 0.5) is 4.39 Å². The Morgan fingerprint density at radius 1 is 1.07 bits per heavy atom. The second kappa shape index (κ2) is 8.21.